The molecule has 1 N–H and O–H groups in total. The van der Waals surface area contributed by atoms with Gasteiger partial charge in [0.2, 0.25) is 0 Å². The summed E-state index contributed by atoms with van der Waals surface area (Å²) in [6.07, 6.45) is 2.09. The van der Waals surface area contributed by atoms with Gasteiger partial charge in [-0.1, -0.05) is 20.8 Å². The highest BCUT2D eigenvalue weighted by Gasteiger charge is 2.17. The van der Waals surface area contributed by atoms with Gasteiger partial charge in [0.05, 0.1) is 15.6 Å². The van der Waals surface area contributed by atoms with Crippen molar-refractivity contribution in [2.24, 2.45) is 0 Å². The minimum atomic E-state index is -0.421. The van der Waals surface area contributed by atoms with Crippen molar-refractivity contribution in [3.63, 3.8) is 0 Å². The summed E-state index contributed by atoms with van der Waals surface area (Å²) in [7, 11) is 0. The lowest BCUT2D eigenvalue weighted by molar-refractivity contribution is -0.385. The van der Waals surface area contributed by atoms with Gasteiger partial charge in [-0.05, 0) is 13.0 Å². The Balaban J connectivity index is 1.93. The number of hydrogen-bond acceptors (Lipinski definition) is 6. The monoisotopic (exact) mass is 320 g/mol. The molecule has 2 rings (SSSR count). The Morgan fingerprint density at radius 1 is 1.41 bits per heavy atom. The number of nitrogens with one attached hydrogen (secondary N) is 1. The number of nitro groups is 1. The summed E-state index contributed by atoms with van der Waals surface area (Å²) < 4.78 is 0. The third-order valence-corrected chi connectivity index (χ3v) is 4.15. The van der Waals surface area contributed by atoms with E-state index in [0.717, 1.165) is 17.1 Å². The number of pyridine rings is 1. The van der Waals surface area contributed by atoms with E-state index >= 15 is 0 Å². The van der Waals surface area contributed by atoms with Crippen LogP contribution in [0.25, 0.3) is 0 Å². The van der Waals surface area contributed by atoms with Gasteiger partial charge in [0.25, 0.3) is 5.69 Å². The fourth-order valence-electron chi connectivity index (χ4n) is 1.90. The number of anilines is 1. The molecule has 0 aromatic carbocycles. The minimum Gasteiger partial charge on any atom is -0.370 e. The summed E-state index contributed by atoms with van der Waals surface area (Å²) in [6, 6.07) is 1.70. The molecule has 0 atom stereocenters. The highest BCUT2D eigenvalue weighted by Crippen LogP contribution is 2.24. The molecular formula is C15H20N4O2S. The van der Waals surface area contributed by atoms with Crippen LogP contribution in [0.2, 0.25) is 0 Å². The molecule has 0 aliphatic carbocycles. The predicted octanol–water partition coefficient (Wildman–Crippen LogP) is 3.71. The normalized spacial score (nSPS) is 11.5. The molecule has 2 aromatic heterocycles. The summed E-state index contributed by atoms with van der Waals surface area (Å²) in [5.41, 5.74) is 1.82. The first-order valence-corrected chi connectivity index (χ1v) is 7.95. The molecule has 2 aromatic rings. The number of thiazole rings is 1. The maximum Gasteiger partial charge on any atom is 0.290 e. The van der Waals surface area contributed by atoms with E-state index in [0.29, 0.717) is 17.9 Å². The van der Waals surface area contributed by atoms with E-state index in [4.69, 9.17) is 0 Å². The van der Waals surface area contributed by atoms with Gasteiger partial charge in [-0.3, -0.25) is 10.1 Å². The Bertz CT molecular complexity index is 676. The SMILES string of the molecule is Cc1cc(NCCc2nc(C(C)(C)C)cs2)ncc1[N+](=O)[O-]. The van der Waals surface area contributed by atoms with Crippen LogP contribution < -0.4 is 5.32 Å². The predicted molar refractivity (Wildman–Crippen MR) is 88.6 cm³/mol. The fraction of sp³-hybridized carbons (Fsp3) is 0.467. The van der Waals surface area contributed by atoms with E-state index in [1.807, 2.05) is 0 Å². The van der Waals surface area contributed by atoms with Crippen LogP contribution in [0, 0.1) is 17.0 Å². The molecule has 0 unspecified atom stereocenters. The van der Waals surface area contributed by atoms with Gasteiger partial charge >= 0.3 is 0 Å². The Labute approximate surface area is 133 Å². The lowest BCUT2D eigenvalue weighted by atomic mass is 9.93. The quantitative estimate of drug-likeness (QED) is 0.671. The summed E-state index contributed by atoms with van der Waals surface area (Å²) in [5.74, 6) is 0.649. The Morgan fingerprint density at radius 2 is 2.14 bits per heavy atom. The number of aryl methyl sites for hydroxylation is 1. The van der Waals surface area contributed by atoms with Crippen LogP contribution in [0.4, 0.5) is 11.5 Å². The molecule has 0 aliphatic rings. The van der Waals surface area contributed by atoms with Crippen molar-refractivity contribution in [3.05, 3.63) is 44.0 Å². The number of rotatable bonds is 5. The van der Waals surface area contributed by atoms with E-state index < -0.39 is 4.92 Å². The number of nitrogens with zero attached hydrogens (tertiary/aromatic N) is 3. The molecule has 0 aliphatic heterocycles. The zero-order valence-corrected chi connectivity index (χ0v) is 14.0. The third kappa shape index (κ3) is 4.00. The van der Waals surface area contributed by atoms with Crippen LogP contribution in [0.15, 0.2) is 17.6 Å². The molecule has 0 radical (unpaired) electrons. The molecule has 0 spiro atoms. The molecule has 118 valence electrons. The van der Waals surface area contributed by atoms with Crippen molar-refractivity contribution in [3.8, 4) is 0 Å². The Hall–Kier alpha value is -2.02. The topological polar surface area (TPSA) is 81.0 Å². The first-order valence-electron chi connectivity index (χ1n) is 7.07. The van der Waals surface area contributed by atoms with Crippen LogP contribution in [0.1, 0.15) is 37.0 Å². The second-order valence-electron chi connectivity index (χ2n) is 6.17. The molecule has 0 saturated heterocycles. The molecule has 0 saturated carbocycles. The zero-order valence-electron chi connectivity index (χ0n) is 13.2. The number of hydrogen-bond donors (Lipinski definition) is 1. The van der Waals surface area contributed by atoms with Crippen LogP contribution in [0.3, 0.4) is 0 Å². The summed E-state index contributed by atoms with van der Waals surface area (Å²) >= 11 is 1.66. The van der Waals surface area contributed by atoms with Gasteiger partial charge in [-0.25, -0.2) is 9.97 Å². The second-order valence-corrected chi connectivity index (χ2v) is 7.11. The van der Waals surface area contributed by atoms with Crippen molar-refractivity contribution < 1.29 is 4.92 Å². The van der Waals surface area contributed by atoms with E-state index in [9.17, 15) is 10.1 Å². The summed E-state index contributed by atoms with van der Waals surface area (Å²) in [4.78, 5) is 19.0. The van der Waals surface area contributed by atoms with Gasteiger partial charge in [0, 0.05) is 29.3 Å². The van der Waals surface area contributed by atoms with Crippen molar-refractivity contribution in [1.82, 2.24) is 9.97 Å². The zero-order chi connectivity index (χ0) is 16.3. The maximum atomic E-state index is 10.8. The first kappa shape index (κ1) is 16.4. The summed E-state index contributed by atoms with van der Waals surface area (Å²) in [6.45, 7) is 8.84. The van der Waals surface area contributed by atoms with Crippen molar-refractivity contribution >= 4 is 22.8 Å². The average molecular weight is 320 g/mol. The van der Waals surface area contributed by atoms with Crippen LogP contribution in [-0.4, -0.2) is 21.4 Å². The maximum absolute atomic E-state index is 10.8. The highest BCUT2D eigenvalue weighted by atomic mass is 32.1. The lowest BCUT2D eigenvalue weighted by Gasteiger charge is -2.14. The van der Waals surface area contributed by atoms with Crippen LogP contribution in [-0.2, 0) is 11.8 Å². The molecule has 0 bridgehead atoms. The Morgan fingerprint density at radius 3 is 2.68 bits per heavy atom. The van der Waals surface area contributed by atoms with Gasteiger partial charge < -0.3 is 5.32 Å². The largest absolute Gasteiger partial charge is 0.370 e. The van der Waals surface area contributed by atoms with Crippen molar-refractivity contribution in [2.75, 3.05) is 11.9 Å². The lowest BCUT2D eigenvalue weighted by Crippen LogP contribution is -2.12. The second kappa shape index (κ2) is 6.39. The van der Waals surface area contributed by atoms with Gasteiger partial charge in [-0.15, -0.1) is 11.3 Å². The van der Waals surface area contributed by atoms with Gasteiger partial charge in [-0.2, -0.15) is 0 Å². The first-order chi connectivity index (χ1) is 10.3. The van der Waals surface area contributed by atoms with E-state index in [1.54, 1.807) is 24.3 Å². The molecular weight excluding hydrogens is 300 g/mol. The number of aromatic nitrogens is 2. The van der Waals surface area contributed by atoms with Crippen molar-refractivity contribution in [2.45, 2.75) is 39.5 Å². The molecule has 6 nitrogen and oxygen atoms in total. The standard InChI is InChI=1S/C15H20N4O2S/c1-10-7-13(17-8-11(10)19(20)21)16-6-5-14-18-12(9-22-14)15(2,3)4/h7-9H,5-6H2,1-4H3,(H,16,17). The van der Waals surface area contributed by atoms with Crippen LogP contribution >= 0.6 is 11.3 Å². The fourth-order valence-corrected chi connectivity index (χ4v) is 2.93. The molecule has 2 heterocycles. The molecule has 0 fully saturated rings. The van der Waals surface area contributed by atoms with Gasteiger partial charge in [0.15, 0.2) is 0 Å². The average Bonchev–Trinajstić information content (AvgIpc) is 2.87. The van der Waals surface area contributed by atoms with Crippen molar-refractivity contribution in [1.29, 1.82) is 0 Å². The van der Waals surface area contributed by atoms with Gasteiger partial charge in [0.1, 0.15) is 12.0 Å². The van der Waals surface area contributed by atoms with E-state index in [1.165, 1.54) is 6.20 Å². The molecule has 7 heteroatoms. The molecule has 22 heavy (non-hydrogen) atoms. The van der Waals surface area contributed by atoms with E-state index in [-0.39, 0.29) is 11.1 Å². The highest BCUT2D eigenvalue weighted by molar-refractivity contribution is 7.09. The minimum absolute atomic E-state index is 0.0419. The van der Waals surface area contributed by atoms with E-state index in [2.05, 4.69) is 41.4 Å². The molecule has 0 amide bonds. The Kier molecular flexibility index (Phi) is 4.75. The summed E-state index contributed by atoms with van der Waals surface area (Å²) in [5, 5.41) is 17.1. The third-order valence-electron chi connectivity index (χ3n) is 3.25. The smallest absolute Gasteiger partial charge is 0.290 e. The van der Waals surface area contributed by atoms with Crippen LogP contribution in [0.5, 0.6) is 0 Å².